The van der Waals surface area contributed by atoms with E-state index in [1.165, 1.54) is 0 Å². The van der Waals surface area contributed by atoms with Gasteiger partial charge in [-0.3, -0.25) is 14.3 Å². The number of aromatic nitrogens is 2. The lowest BCUT2D eigenvalue weighted by Gasteiger charge is -2.32. The number of methoxy groups -OCH3 is 1. The molecule has 0 fully saturated rings. The third-order valence-electron chi connectivity index (χ3n) is 5.21. The molecule has 0 saturated carbocycles. The van der Waals surface area contributed by atoms with Crippen LogP contribution in [0.5, 0.6) is 5.75 Å². The molecule has 3 aromatic rings. The van der Waals surface area contributed by atoms with Crippen LogP contribution in [0.4, 0.5) is 5.82 Å². The van der Waals surface area contributed by atoms with Gasteiger partial charge in [0.1, 0.15) is 17.6 Å². The molecule has 0 aliphatic carbocycles. The summed E-state index contributed by atoms with van der Waals surface area (Å²) in [5, 5.41) is 10.3. The van der Waals surface area contributed by atoms with Crippen LogP contribution < -0.4 is 15.4 Å². The number of amides is 2. The number of hydrogen-bond donors (Lipinski definition) is 2. The highest BCUT2D eigenvalue weighted by molar-refractivity contribution is 6.03. The van der Waals surface area contributed by atoms with Gasteiger partial charge in [-0.1, -0.05) is 30.3 Å². The molecule has 0 spiro atoms. The third-order valence-corrected chi connectivity index (χ3v) is 5.21. The lowest BCUT2D eigenvalue weighted by Crippen LogP contribution is -2.50. The summed E-state index contributed by atoms with van der Waals surface area (Å²) in [6, 6.07) is 15.6. The monoisotopic (exact) mass is 390 g/mol. The standard InChI is InChI=1S/C22H22N4O3/c1-13-17-18(15-10-7-11-16(12-15)29-3)19(22(28)24-20(17)26(2)25-13)23-21(27)14-8-5-4-6-9-14/h4-12,18-19H,1-3H3,(H,23,27)(H,24,28)/t18-,19-/m0/s1. The number of hydrogen-bond acceptors (Lipinski definition) is 4. The zero-order valence-electron chi connectivity index (χ0n) is 16.5. The van der Waals surface area contributed by atoms with Gasteiger partial charge in [-0.25, -0.2) is 0 Å². The van der Waals surface area contributed by atoms with Crippen LogP contribution in [-0.2, 0) is 11.8 Å². The molecule has 7 nitrogen and oxygen atoms in total. The van der Waals surface area contributed by atoms with E-state index in [4.69, 9.17) is 4.74 Å². The molecule has 0 unspecified atom stereocenters. The van der Waals surface area contributed by atoms with Crippen molar-refractivity contribution >= 4 is 17.6 Å². The fourth-order valence-corrected chi connectivity index (χ4v) is 3.86. The number of rotatable bonds is 4. The number of benzene rings is 2. The van der Waals surface area contributed by atoms with E-state index < -0.39 is 12.0 Å². The molecule has 4 rings (SSSR count). The quantitative estimate of drug-likeness (QED) is 0.717. The number of nitrogens with one attached hydrogen (secondary N) is 2. The first-order chi connectivity index (χ1) is 14.0. The summed E-state index contributed by atoms with van der Waals surface area (Å²) in [4.78, 5) is 25.8. The van der Waals surface area contributed by atoms with E-state index in [1.54, 1.807) is 43.1 Å². The van der Waals surface area contributed by atoms with E-state index in [-0.39, 0.29) is 11.8 Å². The molecule has 2 atom stereocenters. The van der Waals surface area contributed by atoms with Crippen LogP contribution in [0.2, 0.25) is 0 Å². The van der Waals surface area contributed by atoms with Crippen molar-refractivity contribution in [3.05, 3.63) is 77.0 Å². The summed E-state index contributed by atoms with van der Waals surface area (Å²) in [6.45, 7) is 1.90. The van der Waals surface area contributed by atoms with Gasteiger partial charge in [0.05, 0.1) is 12.8 Å². The Kier molecular flexibility index (Phi) is 4.80. The van der Waals surface area contributed by atoms with Crippen molar-refractivity contribution in [2.75, 3.05) is 12.4 Å². The predicted molar refractivity (Wildman–Crippen MR) is 109 cm³/mol. The van der Waals surface area contributed by atoms with E-state index in [0.29, 0.717) is 17.1 Å². The molecule has 1 aliphatic rings. The van der Waals surface area contributed by atoms with Crippen LogP contribution in [0, 0.1) is 6.92 Å². The molecular weight excluding hydrogens is 368 g/mol. The molecule has 1 aliphatic heterocycles. The van der Waals surface area contributed by atoms with Crippen molar-refractivity contribution in [1.82, 2.24) is 15.1 Å². The minimum atomic E-state index is -0.787. The molecule has 148 valence electrons. The zero-order valence-corrected chi connectivity index (χ0v) is 16.5. The largest absolute Gasteiger partial charge is 0.497 e. The molecular formula is C22H22N4O3. The highest BCUT2D eigenvalue weighted by Crippen LogP contribution is 2.40. The number of nitrogens with zero attached hydrogens (tertiary/aromatic N) is 2. The van der Waals surface area contributed by atoms with E-state index in [1.807, 2.05) is 37.3 Å². The number of carbonyl (C=O) groups is 2. The van der Waals surface area contributed by atoms with Gasteiger partial charge in [0.25, 0.3) is 5.91 Å². The maximum absolute atomic E-state index is 13.0. The summed E-state index contributed by atoms with van der Waals surface area (Å²) in [5.74, 6) is 0.353. The zero-order chi connectivity index (χ0) is 20.5. The third kappa shape index (κ3) is 3.35. The van der Waals surface area contributed by atoms with E-state index in [0.717, 1.165) is 16.8 Å². The molecule has 1 aromatic heterocycles. The Morgan fingerprint density at radius 1 is 1.17 bits per heavy atom. The first-order valence-corrected chi connectivity index (χ1v) is 9.34. The number of aryl methyl sites for hydroxylation is 2. The Balaban J connectivity index is 1.80. The van der Waals surface area contributed by atoms with Crippen molar-refractivity contribution < 1.29 is 14.3 Å². The van der Waals surface area contributed by atoms with Gasteiger partial charge in [-0.2, -0.15) is 5.10 Å². The molecule has 2 heterocycles. The summed E-state index contributed by atoms with van der Waals surface area (Å²) in [6.07, 6.45) is 0. The van der Waals surface area contributed by atoms with Crippen LogP contribution in [-0.4, -0.2) is 34.7 Å². The summed E-state index contributed by atoms with van der Waals surface area (Å²) in [5.41, 5.74) is 3.06. The van der Waals surface area contributed by atoms with Gasteiger partial charge in [-0.15, -0.1) is 0 Å². The first-order valence-electron chi connectivity index (χ1n) is 9.34. The van der Waals surface area contributed by atoms with Crippen molar-refractivity contribution in [2.24, 2.45) is 7.05 Å². The van der Waals surface area contributed by atoms with Gasteiger partial charge >= 0.3 is 0 Å². The Hall–Kier alpha value is -3.61. The number of carbonyl (C=O) groups excluding carboxylic acids is 2. The lowest BCUT2D eigenvalue weighted by atomic mass is 9.81. The van der Waals surface area contributed by atoms with Gasteiger partial charge < -0.3 is 15.4 Å². The van der Waals surface area contributed by atoms with Crippen molar-refractivity contribution in [1.29, 1.82) is 0 Å². The molecule has 29 heavy (non-hydrogen) atoms. The minimum absolute atomic E-state index is 0.280. The van der Waals surface area contributed by atoms with Crippen LogP contribution in [0.25, 0.3) is 0 Å². The summed E-state index contributed by atoms with van der Waals surface area (Å²) < 4.78 is 7.03. The van der Waals surface area contributed by atoms with E-state index >= 15 is 0 Å². The fraction of sp³-hybridized carbons (Fsp3) is 0.227. The second kappa shape index (κ2) is 7.43. The van der Waals surface area contributed by atoms with Gasteiger partial charge in [0.2, 0.25) is 5.91 Å². The Morgan fingerprint density at radius 2 is 1.93 bits per heavy atom. The predicted octanol–water partition coefficient (Wildman–Crippen LogP) is 2.62. The normalized spacial score (nSPS) is 18.0. The topological polar surface area (TPSA) is 85.2 Å². The molecule has 2 N–H and O–H groups in total. The molecule has 0 saturated heterocycles. The highest BCUT2D eigenvalue weighted by atomic mass is 16.5. The lowest BCUT2D eigenvalue weighted by molar-refractivity contribution is -0.118. The van der Waals surface area contributed by atoms with Crippen LogP contribution >= 0.6 is 0 Å². The number of fused-ring (bicyclic) bond motifs is 1. The molecule has 0 bridgehead atoms. The molecule has 2 aromatic carbocycles. The first kappa shape index (κ1) is 18.7. The van der Waals surface area contributed by atoms with Crippen LogP contribution in [0.15, 0.2) is 54.6 Å². The summed E-state index contributed by atoms with van der Waals surface area (Å²) >= 11 is 0. The average molecular weight is 390 g/mol. The molecule has 0 radical (unpaired) electrons. The van der Waals surface area contributed by atoms with Crippen molar-refractivity contribution in [2.45, 2.75) is 18.9 Å². The molecule has 2 amide bonds. The Labute approximate surface area is 168 Å². The van der Waals surface area contributed by atoms with Gasteiger partial charge in [0.15, 0.2) is 0 Å². The summed E-state index contributed by atoms with van der Waals surface area (Å²) in [7, 11) is 3.39. The van der Waals surface area contributed by atoms with Crippen molar-refractivity contribution in [3.8, 4) is 5.75 Å². The van der Waals surface area contributed by atoms with E-state index in [2.05, 4.69) is 15.7 Å². The number of ether oxygens (including phenoxy) is 1. The second-order valence-electron chi connectivity index (χ2n) is 7.03. The Bertz CT molecular complexity index is 1070. The Morgan fingerprint density at radius 3 is 2.66 bits per heavy atom. The van der Waals surface area contributed by atoms with Gasteiger partial charge in [0, 0.05) is 24.1 Å². The smallest absolute Gasteiger partial charge is 0.251 e. The maximum Gasteiger partial charge on any atom is 0.251 e. The fourth-order valence-electron chi connectivity index (χ4n) is 3.86. The average Bonchev–Trinajstić information content (AvgIpc) is 3.02. The minimum Gasteiger partial charge on any atom is -0.497 e. The maximum atomic E-state index is 13.0. The van der Waals surface area contributed by atoms with Crippen molar-refractivity contribution in [3.63, 3.8) is 0 Å². The molecule has 7 heteroatoms. The SMILES string of the molecule is COc1cccc([C@H]2c3c(C)nn(C)c3NC(=O)[C@H]2NC(=O)c2ccccc2)c1. The van der Waals surface area contributed by atoms with E-state index in [9.17, 15) is 9.59 Å². The highest BCUT2D eigenvalue weighted by Gasteiger charge is 2.41. The van der Waals surface area contributed by atoms with Crippen LogP contribution in [0.1, 0.15) is 33.1 Å². The second-order valence-corrected chi connectivity index (χ2v) is 7.03. The van der Waals surface area contributed by atoms with Crippen LogP contribution in [0.3, 0.4) is 0 Å². The number of anilines is 1. The van der Waals surface area contributed by atoms with Gasteiger partial charge in [-0.05, 0) is 36.8 Å².